The molecule has 110 valence electrons. The van der Waals surface area contributed by atoms with Gasteiger partial charge in [-0.25, -0.2) is 0 Å². The minimum absolute atomic E-state index is 0.0167. The van der Waals surface area contributed by atoms with Crippen LogP contribution in [0.4, 0.5) is 5.69 Å². The molecule has 1 fully saturated rings. The summed E-state index contributed by atoms with van der Waals surface area (Å²) in [6.45, 7) is 2.02. The lowest BCUT2D eigenvalue weighted by Gasteiger charge is -2.21. The molecule has 0 bridgehead atoms. The Hall–Kier alpha value is -0.550. The molecule has 0 unspecified atom stereocenters. The molecule has 3 nitrogen and oxygen atoms in total. The number of hydrogen-bond donors (Lipinski definition) is 2. The second-order valence-electron chi connectivity index (χ2n) is 5.22. The molecule has 0 saturated heterocycles. The number of amides is 1. The van der Waals surface area contributed by atoms with E-state index in [1.807, 2.05) is 6.92 Å². The van der Waals surface area contributed by atoms with E-state index in [0.29, 0.717) is 10.2 Å². The van der Waals surface area contributed by atoms with Gasteiger partial charge >= 0.3 is 0 Å². The quantitative estimate of drug-likeness (QED) is 0.696. The summed E-state index contributed by atoms with van der Waals surface area (Å²) in [5, 5.41) is 13.1. The van der Waals surface area contributed by atoms with Crippen LogP contribution in [0.3, 0.4) is 0 Å². The van der Waals surface area contributed by atoms with Crippen LogP contribution in [-0.4, -0.2) is 11.0 Å². The third kappa shape index (κ3) is 3.37. The van der Waals surface area contributed by atoms with E-state index in [1.165, 1.54) is 6.42 Å². The number of carbonyl (C=O) groups excluding carboxylic acids is 1. The van der Waals surface area contributed by atoms with Gasteiger partial charge in [-0.3, -0.25) is 4.79 Å². The van der Waals surface area contributed by atoms with Gasteiger partial charge in [0.25, 0.3) is 0 Å². The van der Waals surface area contributed by atoms with Crippen molar-refractivity contribution in [2.45, 2.75) is 45.4 Å². The lowest BCUT2D eigenvalue weighted by molar-refractivity contribution is -0.120. The molecule has 1 saturated carbocycles. The molecule has 2 N–H and O–H groups in total. The van der Waals surface area contributed by atoms with Crippen molar-refractivity contribution >= 4 is 43.5 Å². The van der Waals surface area contributed by atoms with E-state index in [9.17, 15) is 9.90 Å². The minimum atomic E-state index is 0.0167. The van der Waals surface area contributed by atoms with Gasteiger partial charge in [-0.1, -0.05) is 42.1 Å². The van der Waals surface area contributed by atoms with E-state index >= 15 is 0 Å². The number of rotatable bonds is 3. The lowest BCUT2D eigenvalue weighted by Crippen LogP contribution is -2.24. The number of halogens is 2. The summed E-state index contributed by atoms with van der Waals surface area (Å²) in [5.41, 5.74) is 1.47. The van der Waals surface area contributed by atoms with Gasteiger partial charge in [0.15, 0.2) is 5.75 Å². The molecule has 1 aromatic carbocycles. The zero-order chi connectivity index (χ0) is 14.7. The van der Waals surface area contributed by atoms with Gasteiger partial charge in [-0.2, -0.15) is 0 Å². The molecule has 1 aromatic rings. The summed E-state index contributed by atoms with van der Waals surface area (Å²) in [5.74, 6) is 0.198. The first kappa shape index (κ1) is 15.8. The maximum absolute atomic E-state index is 12.2. The predicted molar refractivity (Wildman–Crippen MR) is 88.1 cm³/mol. The van der Waals surface area contributed by atoms with Crippen molar-refractivity contribution in [2.24, 2.45) is 5.92 Å². The second kappa shape index (κ2) is 6.94. The molecular formula is C15H19Br2NO2. The van der Waals surface area contributed by atoms with Gasteiger partial charge in [0.1, 0.15) is 0 Å². The number of phenolic OH excluding ortho intramolecular Hbond substituents is 1. The lowest BCUT2D eigenvalue weighted by atomic mass is 9.88. The molecule has 0 spiro atoms. The number of anilines is 1. The minimum Gasteiger partial charge on any atom is -0.505 e. The Bertz CT molecular complexity index is 511. The Morgan fingerprint density at radius 1 is 1.35 bits per heavy atom. The Balaban J connectivity index is 2.19. The highest BCUT2D eigenvalue weighted by atomic mass is 79.9. The number of nitrogens with one attached hydrogen (secondary N) is 1. The number of carbonyl (C=O) groups is 1. The van der Waals surface area contributed by atoms with E-state index in [1.54, 1.807) is 6.07 Å². The second-order valence-corrected chi connectivity index (χ2v) is 6.87. The molecule has 1 aliphatic rings. The first-order valence-corrected chi connectivity index (χ1v) is 8.63. The summed E-state index contributed by atoms with van der Waals surface area (Å²) in [6.07, 6.45) is 6.14. The molecule has 0 atom stereocenters. The highest BCUT2D eigenvalue weighted by Crippen LogP contribution is 2.40. The van der Waals surface area contributed by atoms with Gasteiger partial charge in [-0.15, -0.1) is 0 Å². The van der Waals surface area contributed by atoms with Crippen molar-refractivity contribution < 1.29 is 9.90 Å². The van der Waals surface area contributed by atoms with Crippen LogP contribution < -0.4 is 5.32 Å². The van der Waals surface area contributed by atoms with Crippen molar-refractivity contribution in [3.8, 4) is 5.75 Å². The molecular weight excluding hydrogens is 386 g/mol. The third-order valence-corrected chi connectivity index (χ3v) is 5.44. The van der Waals surface area contributed by atoms with Gasteiger partial charge < -0.3 is 10.4 Å². The normalized spacial score (nSPS) is 16.1. The summed E-state index contributed by atoms with van der Waals surface area (Å²) in [6, 6.07) is 1.78. The first-order chi connectivity index (χ1) is 9.54. The Kier molecular flexibility index (Phi) is 5.49. The maximum atomic E-state index is 12.2. The van der Waals surface area contributed by atoms with Crippen LogP contribution in [0.25, 0.3) is 0 Å². The van der Waals surface area contributed by atoms with Gasteiger partial charge in [0.05, 0.1) is 10.2 Å². The molecule has 20 heavy (non-hydrogen) atoms. The van der Waals surface area contributed by atoms with Crippen LogP contribution in [0, 0.1) is 5.92 Å². The number of hydrogen-bond acceptors (Lipinski definition) is 2. The topological polar surface area (TPSA) is 49.3 Å². The maximum Gasteiger partial charge on any atom is 0.227 e. The molecule has 5 heteroatoms. The van der Waals surface area contributed by atoms with E-state index in [-0.39, 0.29) is 17.6 Å². The zero-order valence-electron chi connectivity index (χ0n) is 11.5. The molecule has 1 aliphatic carbocycles. The Morgan fingerprint density at radius 2 is 2.00 bits per heavy atom. The molecule has 1 amide bonds. The fourth-order valence-corrected chi connectivity index (χ4v) is 4.35. The molecule has 0 aliphatic heterocycles. The number of aromatic hydroxyl groups is 1. The van der Waals surface area contributed by atoms with Gasteiger partial charge in [-0.05, 0) is 46.8 Å². The molecule has 0 heterocycles. The van der Waals surface area contributed by atoms with Gasteiger partial charge in [0, 0.05) is 10.4 Å². The largest absolute Gasteiger partial charge is 0.505 e. The van der Waals surface area contributed by atoms with E-state index in [4.69, 9.17) is 0 Å². The van der Waals surface area contributed by atoms with Crippen molar-refractivity contribution in [3.63, 3.8) is 0 Å². The van der Waals surface area contributed by atoms with Gasteiger partial charge in [0.2, 0.25) is 5.91 Å². The van der Waals surface area contributed by atoms with E-state index in [0.717, 1.165) is 42.1 Å². The van der Waals surface area contributed by atoms with Crippen LogP contribution in [0.15, 0.2) is 15.0 Å². The average molecular weight is 405 g/mol. The SMILES string of the molecule is CCc1c(Br)cc(NC(=O)C2CCCCC2)c(O)c1Br. The average Bonchev–Trinajstić information content (AvgIpc) is 2.46. The molecule has 2 rings (SSSR count). The Morgan fingerprint density at radius 3 is 2.60 bits per heavy atom. The fourth-order valence-electron chi connectivity index (χ4n) is 2.67. The highest BCUT2D eigenvalue weighted by Gasteiger charge is 2.23. The zero-order valence-corrected chi connectivity index (χ0v) is 14.7. The van der Waals surface area contributed by atoms with Crippen LogP contribution in [0.2, 0.25) is 0 Å². The predicted octanol–water partition coefficient (Wildman–Crippen LogP) is 5.00. The van der Waals surface area contributed by atoms with Crippen molar-refractivity contribution in [3.05, 3.63) is 20.6 Å². The van der Waals surface area contributed by atoms with Crippen LogP contribution in [0.5, 0.6) is 5.75 Å². The third-order valence-electron chi connectivity index (χ3n) is 3.87. The fraction of sp³-hybridized carbons (Fsp3) is 0.533. The smallest absolute Gasteiger partial charge is 0.227 e. The van der Waals surface area contributed by atoms with E-state index < -0.39 is 0 Å². The highest BCUT2D eigenvalue weighted by molar-refractivity contribution is 9.11. The summed E-state index contributed by atoms with van der Waals surface area (Å²) in [4.78, 5) is 12.2. The molecule has 0 radical (unpaired) electrons. The summed E-state index contributed by atoms with van der Waals surface area (Å²) in [7, 11) is 0. The standard InChI is InChI=1S/C15H19Br2NO2/c1-2-10-11(16)8-12(14(19)13(10)17)18-15(20)9-6-4-3-5-7-9/h8-9,19H,2-7H2,1H3,(H,18,20). The number of benzene rings is 1. The summed E-state index contributed by atoms with van der Waals surface area (Å²) >= 11 is 6.88. The van der Waals surface area contributed by atoms with Crippen molar-refractivity contribution in [2.75, 3.05) is 5.32 Å². The van der Waals surface area contributed by atoms with Crippen LogP contribution in [0.1, 0.15) is 44.6 Å². The molecule has 0 aromatic heterocycles. The summed E-state index contributed by atoms with van der Waals surface area (Å²) < 4.78 is 1.54. The number of phenols is 1. The van der Waals surface area contributed by atoms with Crippen LogP contribution in [-0.2, 0) is 11.2 Å². The van der Waals surface area contributed by atoms with E-state index in [2.05, 4.69) is 37.2 Å². The van der Waals surface area contributed by atoms with Crippen LogP contribution >= 0.6 is 31.9 Å². The van der Waals surface area contributed by atoms with Crippen molar-refractivity contribution in [1.82, 2.24) is 0 Å². The first-order valence-electron chi connectivity index (χ1n) is 7.05. The monoisotopic (exact) mass is 403 g/mol. The van der Waals surface area contributed by atoms with Crippen molar-refractivity contribution in [1.29, 1.82) is 0 Å². The Labute approximate surface area is 136 Å².